The molecule has 0 spiro atoms. The van der Waals surface area contributed by atoms with Crippen molar-refractivity contribution in [3.8, 4) is 0 Å². The van der Waals surface area contributed by atoms with E-state index in [1.807, 2.05) is 31.2 Å². The van der Waals surface area contributed by atoms with Gasteiger partial charge in [-0.3, -0.25) is 4.79 Å². The zero-order chi connectivity index (χ0) is 30.9. The number of carbonyl (C=O) groups excluding carboxylic acids is 2. The van der Waals surface area contributed by atoms with Crippen LogP contribution in [0.5, 0.6) is 0 Å². The molecule has 3 aliphatic heterocycles. The van der Waals surface area contributed by atoms with Crippen LogP contribution in [0.4, 0.5) is 0 Å². The maximum atomic E-state index is 13.9. The summed E-state index contributed by atoms with van der Waals surface area (Å²) in [4.78, 5) is 33.6. The van der Waals surface area contributed by atoms with Crippen LogP contribution in [0.1, 0.15) is 66.7 Å². The molecule has 43 heavy (non-hydrogen) atoms. The monoisotopic (exact) mass is 596 g/mol. The Morgan fingerprint density at radius 2 is 1.81 bits per heavy atom. The third-order valence-electron chi connectivity index (χ3n) is 8.31. The van der Waals surface area contributed by atoms with E-state index in [-0.39, 0.29) is 24.5 Å². The number of piperidine rings is 1. The van der Waals surface area contributed by atoms with Crippen LogP contribution in [0.25, 0.3) is 0 Å². The predicted molar refractivity (Wildman–Crippen MR) is 155 cm³/mol. The van der Waals surface area contributed by atoms with Crippen LogP contribution >= 0.6 is 0 Å². The van der Waals surface area contributed by atoms with Gasteiger partial charge in [0.2, 0.25) is 0 Å². The Kier molecular flexibility index (Phi) is 9.19. The lowest BCUT2D eigenvalue weighted by molar-refractivity contribution is -0.228. The van der Waals surface area contributed by atoms with Gasteiger partial charge in [0.05, 0.1) is 19.4 Å². The second-order valence-electron chi connectivity index (χ2n) is 11.9. The molecule has 11 nitrogen and oxygen atoms in total. The maximum Gasteiger partial charge on any atom is 0.328 e. The van der Waals surface area contributed by atoms with Gasteiger partial charge in [0.25, 0.3) is 5.91 Å². The summed E-state index contributed by atoms with van der Waals surface area (Å²) in [7, 11) is 1.34. The standard InChI is InChI=1S/C32H40N2O9/c1-18-6-11-21(12-7-18)25-19(2)8-15-23(30(38)39-5)34(25)29(37)22-13-9-20(10-14-22)16-33-40-17-24(35)27-26(36)28-31(41-27)43-32(3,4)42-28/h6-7,9-14,16,19,23-28,31,35-36H,8,15,17H2,1-5H3/t19-,23-,24+,25-,26+,27+,28-,31+/m0/s1. The average molecular weight is 597 g/mol. The molecule has 3 fully saturated rings. The largest absolute Gasteiger partial charge is 0.467 e. The van der Waals surface area contributed by atoms with E-state index >= 15 is 0 Å². The number of carbonyl (C=O) groups is 2. The second kappa shape index (κ2) is 12.7. The van der Waals surface area contributed by atoms with Crippen molar-refractivity contribution in [3.63, 3.8) is 0 Å². The third kappa shape index (κ3) is 6.61. The molecule has 0 unspecified atom stereocenters. The molecule has 11 heteroatoms. The number of benzene rings is 2. The summed E-state index contributed by atoms with van der Waals surface area (Å²) in [6.45, 7) is 7.34. The maximum absolute atomic E-state index is 13.9. The third-order valence-corrected chi connectivity index (χ3v) is 8.31. The minimum absolute atomic E-state index is 0.147. The summed E-state index contributed by atoms with van der Waals surface area (Å²) >= 11 is 0. The Morgan fingerprint density at radius 1 is 1.12 bits per heavy atom. The Bertz CT molecular complexity index is 1310. The number of likely N-dealkylation sites (tertiary alicyclic amines) is 1. The van der Waals surface area contributed by atoms with E-state index in [0.29, 0.717) is 17.5 Å². The molecule has 2 N–H and O–H groups in total. The van der Waals surface area contributed by atoms with Gasteiger partial charge >= 0.3 is 5.97 Å². The summed E-state index contributed by atoms with van der Waals surface area (Å²) in [5.41, 5.74) is 3.18. The Labute approximate surface area is 251 Å². The van der Waals surface area contributed by atoms with E-state index in [4.69, 9.17) is 23.8 Å². The second-order valence-corrected chi connectivity index (χ2v) is 11.9. The van der Waals surface area contributed by atoms with Gasteiger partial charge < -0.3 is 38.9 Å². The van der Waals surface area contributed by atoms with Crippen molar-refractivity contribution in [3.05, 3.63) is 70.8 Å². The average Bonchev–Trinajstić information content (AvgIpc) is 3.46. The fraction of sp³-hybridized carbons (Fsp3) is 0.531. The zero-order valence-corrected chi connectivity index (χ0v) is 25.1. The van der Waals surface area contributed by atoms with Crippen molar-refractivity contribution in [1.82, 2.24) is 4.90 Å². The number of nitrogens with zero attached hydrogens (tertiary/aromatic N) is 2. The summed E-state index contributed by atoms with van der Waals surface area (Å²) < 4.78 is 22.0. The number of ether oxygens (including phenoxy) is 4. The molecule has 2 aromatic carbocycles. The number of fused-ring (bicyclic) bond motifs is 1. The van der Waals surface area contributed by atoms with E-state index in [9.17, 15) is 19.8 Å². The van der Waals surface area contributed by atoms with Crippen molar-refractivity contribution in [2.24, 2.45) is 11.1 Å². The number of rotatable bonds is 8. The van der Waals surface area contributed by atoms with E-state index in [1.165, 1.54) is 13.3 Å². The van der Waals surface area contributed by atoms with Crippen LogP contribution in [-0.4, -0.2) is 89.5 Å². The van der Waals surface area contributed by atoms with Crippen LogP contribution in [0.15, 0.2) is 53.7 Å². The van der Waals surface area contributed by atoms with Gasteiger partial charge in [-0.1, -0.05) is 54.0 Å². The van der Waals surface area contributed by atoms with Gasteiger partial charge in [0.15, 0.2) is 12.1 Å². The van der Waals surface area contributed by atoms with E-state index in [1.54, 1.807) is 43.0 Å². The topological polar surface area (TPSA) is 136 Å². The summed E-state index contributed by atoms with van der Waals surface area (Å²) in [5.74, 6) is -1.41. The highest BCUT2D eigenvalue weighted by atomic mass is 16.8. The first-order chi connectivity index (χ1) is 20.5. The minimum atomic E-state index is -1.16. The lowest BCUT2D eigenvalue weighted by Crippen LogP contribution is -2.52. The molecule has 3 saturated heterocycles. The molecule has 5 rings (SSSR count). The lowest BCUT2D eigenvalue weighted by atomic mass is 9.82. The molecule has 3 heterocycles. The molecule has 3 aliphatic rings. The number of hydrogen-bond donors (Lipinski definition) is 2. The van der Waals surface area contributed by atoms with Crippen LogP contribution in [0, 0.1) is 12.8 Å². The fourth-order valence-corrected chi connectivity index (χ4v) is 6.08. The SMILES string of the molecule is COC(=O)[C@@H]1CC[C@H](C)[C@@H](c2ccc(C)cc2)N1C(=O)c1ccc(C=NOC[C@@H](O)[C@H]2O[C@@H]3OC(C)(C)O[C@H]3[C@@H]2O)cc1. The molecule has 2 aromatic rings. The van der Waals surface area contributed by atoms with E-state index in [0.717, 1.165) is 17.5 Å². The number of oxime groups is 1. The Balaban J connectivity index is 1.22. The number of aliphatic hydroxyl groups is 2. The first kappa shape index (κ1) is 31.1. The van der Waals surface area contributed by atoms with Crippen LogP contribution < -0.4 is 0 Å². The van der Waals surface area contributed by atoms with Crippen LogP contribution in [0.3, 0.4) is 0 Å². The van der Waals surface area contributed by atoms with Gasteiger partial charge in [-0.15, -0.1) is 0 Å². The van der Waals surface area contributed by atoms with Gasteiger partial charge in [-0.25, -0.2) is 4.79 Å². The van der Waals surface area contributed by atoms with Crippen molar-refractivity contribution in [1.29, 1.82) is 0 Å². The molecule has 0 aliphatic carbocycles. The zero-order valence-electron chi connectivity index (χ0n) is 25.1. The number of hydrogen-bond acceptors (Lipinski definition) is 10. The van der Waals surface area contributed by atoms with Gasteiger partial charge in [-0.2, -0.15) is 0 Å². The Hall–Kier alpha value is -3.35. The summed E-state index contributed by atoms with van der Waals surface area (Å²) in [6.07, 6.45) is -1.87. The smallest absolute Gasteiger partial charge is 0.328 e. The molecule has 0 radical (unpaired) electrons. The predicted octanol–water partition coefficient (Wildman–Crippen LogP) is 3.10. The minimum Gasteiger partial charge on any atom is -0.467 e. The van der Waals surface area contributed by atoms with Crippen LogP contribution in [0.2, 0.25) is 0 Å². The number of aryl methyl sites for hydroxylation is 1. The number of methoxy groups -OCH3 is 1. The number of amides is 1. The number of aliphatic hydroxyl groups excluding tert-OH is 2. The molecule has 0 bridgehead atoms. The Morgan fingerprint density at radius 3 is 2.47 bits per heavy atom. The van der Waals surface area contributed by atoms with Gasteiger partial charge in [-0.05, 0) is 62.8 Å². The number of esters is 1. The molecular weight excluding hydrogens is 556 g/mol. The van der Waals surface area contributed by atoms with Crippen LogP contribution in [-0.2, 0) is 28.6 Å². The highest BCUT2D eigenvalue weighted by Crippen LogP contribution is 2.41. The first-order valence-corrected chi connectivity index (χ1v) is 14.6. The van der Waals surface area contributed by atoms with Crippen molar-refractivity contribution in [2.45, 2.75) is 89.1 Å². The fourth-order valence-electron chi connectivity index (χ4n) is 6.08. The van der Waals surface area contributed by atoms with Gasteiger partial charge in [0.1, 0.15) is 37.1 Å². The highest BCUT2D eigenvalue weighted by Gasteiger charge is 2.56. The molecule has 0 saturated carbocycles. The van der Waals surface area contributed by atoms with Crippen molar-refractivity contribution >= 4 is 18.1 Å². The van der Waals surface area contributed by atoms with E-state index in [2.05, 4.69) is 12.1 Å². The molecule has 0 aromatic heterocycles. The lowest BCUT2D eigenvalue weighted by Gasteiger charge is -2.44. The van der Waals surface area contributed by atoms with Crippen molar-refractivity contribution in [2.75, 3.05) is 13.7 Å². The first-order valence-electron chi connectivity index (χ1n) is 14.6. The molecule has 8 atom stereocenters. The molecule has 232 valence electrons. The summed E-state index contributed by atoms with van der Waals surface area (Å²) in [6, 6.07) is 13.9. The van der Waals surface area contributed by atoms with Crippen molar-refractivity contribution < 1.29 is 43.6 Å². The normalized spacial score (nSPS) is 30.7. The van der Waals surface area contributed by atoms with Gasteiger partial charge in [0, 0.05) is 5.56 Å². The highest BCUT2D eigenvalue weighted by molar-refractivity contribution is 5.98. The molecule has 1 amide bonds. The quantitative estimate of drug-likeness (QED) is 0.268. The summed E-state index contributed by atoms with van der Waals surface area (Å²) in [5, 5.41) is 24.9. The molecular formula is C32H40N2O9. The van der Waals surface area contributed by atoms with E-state index < -0.39 is 48.5 Å².